The molecule has 0 unspecified atom stereocenters. The predicted octanol–water partition coefficient (Wildman–Crippen LogP) is 5.80. The summed E-state index contributed by atoms with van der Waals surface area (Å²) in [5.41, 5.74) is 4.44. The molecule has 0 aliphatic heterocycles. The van der Waals surface area contributed by atoms with Gasteiger partial charge >= 0.3 is 0 Å². The first-order valence-corrected chi connectivity index (χ1v) is 10.1. The molecule has 2 heterocycles. The van der Waals surface area contributed by atoms with Gasteiger partial charge in [-0.05, 0) is 48.7 Å². The second-order valence-electron chi connectivity index (χ2n) is 7.36. The van der Waals surface area contributed by atoms with Crippen molar-refractivity contribution in [2.75, 3.05) is 5.32 Å². The number of amides is 1. The van der Waals surface area contributed by atoms with Crippen LogP contribution in [0.5, 0.6) is 0 Å². The second kappa shape index (κ2) is 7.13. The summed E-state index contributed by atoms with van der Waals surface area (Å²) in [5, 5.41) is 6.67. The molecular formula is C25H23N3O. The first kappa shape index (κ1) is 17.6. The molecule has 0 atom stereocenters. The SMILES string of the molecule is CCn1c2ccccc2c2cc(NC(=O)CCn3ccc4ccccc43)ccc21. The fraction of sp³-hybridized carbons (Fsp3) is 0.160. The fourth-order valence-corrected chi connectivity index (χ4v) is 4.25. The highest BCUT2D eigenvalue weighted by Crippen LogP contribution is 2.31. The molecule has 5 rings (SSSR count). The van der Waals surface area contributed by atoms with Crippen LogP contribution in [0.1, 0.15) is 13.3 Å². The molecule has 0 bridgehead atoms. The van der Waals surface area contributed by atoms with E-state index in [9.17, 15) is 4.79 Å². The molecule has 144 valence electrons. The van der Waals surface area contributed by atoms with E-state index in [1.54, 1.807) is 0 Å². The molecule has 0 saturated carbocycles. The maximum atomic E-state index is 12.6. The minimum atomic E-state index is 0.0290. The van der Waals surface area contributed by atoms with Crippen molar-refractivity contribution in [1.82, 2.24) is 9.13 Å². The van der Waals surface area contributed by atoms with E-state index in [1.807, 2.05) is 24.4 Å². The van der Waals surface area contributed by atoms with Gasteiger partial charge in [0.1, 0.15) is 0 Å². The summed E-state index contributed by atoms with van der Waals surface area (Å²) in [6, 6.07) is 25.0. The predicted molar refractivity (Wildman–Crippen MR) is 120 cm³/mol. The highest BCUT2D eigenvalue weighted by molar-refractivity contribution is 6.09. The monoisotopic (exact) mass is 381 g/mol. The van der Waals surface area contributed by atoms with Crippen molar-refractivity contribution in [1.29, 1.82) is 0 Å². The van der Waals surface area contributed by atoms with Crippen LogP contribution in [0.4, 0.5) is 5.69 Å². The van der Waals surface area contributed by atoms with Gasteiger partial charge < -0.3 is 14.5 Å². The minimum absolute atomic E-state index is 0.0290. The van der Waals surface area contributed by atoms with Crippen LogP contribution in [-0.2, 0) is 17.9 Å². The summed E-state index contributed by atoms with van der Waals surface area (Å²) in [7, 11) is 0. The van der Waals surface area contributed by atoms with Gasteiger partial charge in [0.05, 0.1) is 0 Å². The van der Waals surface area contributed by atoms with Gasteiger partial charge in [0, 0.05) is 58.7 Å². The van der Waals surface area contributed by atoms with E-state index in [2.05, 4.69) is 76.0 Å². The molecule has 0 fully saturated rings. The van der Waals surface area contributed by atoms with Crippen molar-refractivity contribution in [2.24, 2.45) is 0 Å². The van der Waals surface area contributed by atoms with Crippen LogP contribution in [0.25, 0.3) is 32.7 Å². The van der Waals surface area contributed by atoms with Gasteiger partial charge in [-0.15, -0.1) is 0 Å². The Kier molecular flexibility index (Phi) is 4.32. The number of aromatic nitrogens is 2. The maximum Gasteiger partial charge on any atom is 0.226 e. The van der Waals surface area contributed by atoms with Crippen LogP contribution in [0.2, 0.25) is 0 Å². The summed E-state index contributed by atoms with van der Waals surface area (Å²) >= 11 is 0. The van der Waals surface area contributed by atoms with E-state index >= 15 is 0 Å². The molecule has 1 N–H and O–H groups in total. The van der Waals surface area contributed by atoms with Crippen molar-refractivity contribution in [3.05, 3.63) is 79.0 Å². The lowest BCUT2D eigenvalue weighted by Gasteiger charge is -2.08. The zero-order valence-electron chi connectivity index (χ0n) is 16.4. The summed E-state index contributed by atoms with van der Waals surface area (Å²) in [4.78, 5) is 12.6. The average molecular weight is 381 g/mol. The van der Waals surface area contributed by atoms with E-state index in [0.29, 0.717) is 13.0 Å². The topological polar surface area (TPSA) is 39.0 Å². The van der Waals surface area contributed by atoms with Gasteiger partial charge in [0.15, 0.2) is 0 Å². The molecule has 0 spiro atoms. The Labute approximate surface area is 169 Å². The first-order chi connectivity index (χ1) is 14.2. The van der Waals surface area contributed by atoms with Crippen molar-refractivity contribution >= 4 is 44.3 Å². The van der Waals surface area contributed by atoms with Gasteiger partial charge in [-0.1, -0.05) is 36.4 Å². The van der Waals surface area contributed by atoms with Gasteiger partial charge in [0.25, 0.3) is 0 Å². The first-order valence-electron chi connectivity index (χ1n) is 10.1. The number of para-hydroxylation sites is 2. The van der Waals surface area contributed by atoms with Gasteiger partial charge in [-0.2, -0.15) is 0 Å². The third kappa shape index (κ3) is 3.07. The minimum Gasteiger partial charge on any atom is -0.347 e. The third-order valence-electron chi connectivity index (χ3n) is 5.63. The van der Waals surface area contributed by atoms with Crippen molar-refractivity contribution in [3.8, 4) is 0 Å². The lowest BCUT2D eigenvalue weighted by Crippen LogP contribution is -2.14. The largest absolute Gasteiger partial charge is 0.347 e. The molecular weight excluding hydrogens is 358 g/mol. The Balaban J connectivity index is 1.37. The standard InChI is InChI=1S/C25H23N3O/c1-2-28-23-10-6-4-8-20(23)21-17-19(11-12-24(21)28)26-25(29)14-16-27-15-13-18-7-3-5-9-22(18)27/h3-13,15,17H,2,14,16H2,1H3,(H,26,29). The second-order valence-corrected chi connectivity index (χ2v) is 7.36. The summed E-state index contributed by atoms with van der Waals surface area (Å²) in [6.45, 7) is 3.74. The number of carbonyl (C=O) groups is 1. The Morgan fingerprint density at radius 3 is 2.48 bits per heavy atom. The molecule has 0 saturated heterocycles. The number of benzene rings is 3. The number of carbonyl (C=O) groups excluding carboxylic acids is 1. The van der Waals surface area contributed by atoms with Crippen LogP contribution in [0, 0.1) is 0 Å². The van der Waals surface area contributed by atoms with Crippen LogP contribution < -0.4 is 5.32 Å². The van der Waals surface area contributed by atoms with E-state index in [-0.39, 0.29) is 5.91 Å². The van der Waals surface area contributed by atoms with E-state index in [0.717, 1.165) is 17.7 Å². The van der Waals surface area contributed by atoms with Crippen LogP contribution in [-0.4, -0.2) is 15.0 Å². The molecule has 0 aliphatic carbocycles. The van der Waals surface area contributed by atoms with E-state index < -0.39 is 0 Å². The number of anilines is 1. The lowest BCUT2D eigenvalue weighted by atomic mass is 10.1. The molecule has 4 heteroatoms. The van der Waals surface area contributed by atoms with Crippen molar-refractivity contribution in [3.63, 3.8) is 0 Å². The number of nitrogens with one attached hydrogen (secondary N) is 1. The number of hydrogen-bond donors (Lipinski definition) is 1. The van der Waals surface area contributed by atoms with Crippen LogP contribution >= 0.6 is 0 Å². The molecule has 5 aromatic rings. The van der Waals surface area contributed by atoms with E-state index in [1.165, 1.54) is 27.2 Å². The number of hydrogen-bond acceptors (Lipinski definition) is 1. The number of nitrogens with zero attached hydrogens (tertiary/aromatic N) is 2. The molecule has 1 amide bonds. The lowest BCUT2D eigenvalue weighted by molar-refractivity contribution is -0.116. The Bertz CT molecular complexity index is 1340. The molecule has 29 heavy (non-hydrogen) atoms. The van der Waals surface area contributed by atoms with Crippen molar-refractivity contribution < 1.29 is 4.79 Å². The van der Waals surface area contributed by atoms with Gasteiger partial charge in [0.2, 0.25) is 5.91 Å². The third-order valence-corrected chi connectivity index (χ3v) is 5.63. The van der Waals surface area contributed by atoms with E-state index in [4.69, 9.17) is 0 Å². The highest BCUT2D eigenvalue weighted by atomic mass is 16.1. The number of aryl methyl sites for hydroxylation is 2. The fourth-order valence-electron chi connectivity index (χ4n) is 4.25. The Morgan fingerprint density at radius 2 is 1.62 bits per heavy atom. The number of fused-ring (bicyclic) bond motifs is 4. The van der Waals surface area contributed by atoms with Gasteiger partial charge in [-0.3, -0.25) is 4.79 Å². The molecule has 2 aromatic heterocycles. The van der Waals surface area contributed by atoms with Crippen LogP contribution in [0.15, 0.2) is 79.0 Å². The van der Waals surface area contributed by atoms with Crippen LogP contribution in [0.3, 0.4) is 0 Å². The molecule has 0 radical (unpaired) electrons. The van der Waals surface area contributed by atoms with Gasteiger partial charge in [-0.25, -0.2) is 0 Å². The normalized spacial score (nSPS) is 11.5. The Hall–Kier alpha value is -3.53. The average Bonchev–Trinajstić information content (AvgIpc) is 3.31. The van der Waals surface area contributed by atoms with Crippen molar-refractivity contribution in [2.45, 2.75) is 26.4 Å². The molecule has 3 aromatic carbocycles. The maximum absolute atomic E-state index is 12.6. The quantitative estimate of drug-likeness (QED) is 0.411. The summed E-state index contributed by atoms with van der Waals surface area (Å²) in [5.74, 6) is 0.0290. The highest BCUT2D eigenvalue weighted by Gasteiger charge is 2.11. The number of rotatable bonds is 5. The summed E-state index contributed by atoms with van der Waals surface area (Å²) < 4.78 is 4.44. The summed E-state index contributed by atoms with van der Waals surface area (Å²) in [6.07, 6.45) is 2.48. The molecule has 0 aliphatic rings. The zero-order chi connectivity index (χ0) is 19.8. The smallest absolute Gasteiger partial charge is 0.226 e. The molecule has 4 nitrogen and oxygen atoms in total. The Morgan fingerprint density at radius 1 is 0.862 bits per heavy atom. The zero-order valence-corrected chi connectivity index (χ0v) is 16.4.